The van der Waals surface area contributed by atoms with E-state index in [0.29, 0.717) is 17.0 Å². The van der Waals surface area contributed by atoms with Crippen LogP contribution >= 0.6 is 12.4 Å². The molecular weight excluding hydrogens is 378 g/mol. The number of nitrogens with one attached hydrogen (secondary N) is 1. The number of pyridine rings is 2. The Balaban J connectivity index is 0.00000192. The molecule has 8 heteroatoms. The number of aromatic nitrogens is 3. The number of rotatable bonds is 2. The molecule has 0 radical (unpaired) electrons. The first-order chi connectivity index (χ1) is 13.2. The number of fused-ring (bicyclic) bond motifs is 2. The number of halogens is 1. The zero-order chi connectivity index (χ0) is 18.4. The molecule has 0 bridgehead atoms. The molecule has 1 fully saturated rings. The molecule has 1 saturated heterocycles. The van der Waals surface area contributed by atoms with Crippen LogP contribution in [0.1, 0.15) is 5.56 Å². The highest BCUT2D eigenvalue weighted by molar-refractivity contribution is 5.85. The van der Waals surface area contributed by atoms with Crippen molar-refractivity contribution in [2.24, 2.45) is 0 Å². The van der Waals surface area contributed by atoms with Crippen LogP contribution in [0.5, 0.6) is 0 Å². The average Bonchev–Trinajstić information content (AvgIpc) is 3.10. The van der Waals surface area contributed by atoms with E-state index < -0.39 is 5.63 Å². The van der Waals surface area contributed by atoms with Gasteiger partial charge in [0.15, 0.2) is 0 Å². The summed E-state index contributed by atoms with van der Waals surface area (Å²) >= 11 is 0. The predicted octanol–water partition coefficient (Wildman–Crippen LogP) is 2.64. The van der Waals surface area contributed by atoms with Gasteiger partial charge in [0.05, 0.1) is 11.3 Å². The van der Waals surface area contributed by atoms with Gasteiger partial charge in [0.1, 0.15) is 11.5 Å². The molecule has 0 spiro atoms. The Morgan fingerprint density at radius 3 is 2.71 bits per heavy atom. The molecule has 5 rings (SSSR count). The lowest BCUT2D eigenvalue weighted by Crippen LogP contribution is -2.43. The van der Waals surface area contributed by atoms with Gasteiger partial charge in [-0.05, 0) is 36.8 Å². The summed E-state index contributed by atoms with van der Waals surface area (Å²) in [6.45, 7) is 5.65. The van der Waals surface area contributed by atoms with Gasteiger partial charge >= 0.3 is 5.63 Å². The first-order valence-corrected chi connectivity index (χ1v) is 9.04. The smallest absolute Gasteiger partial charge is 0.347 e. The summed E-state index contributed by atoms with van der Waals surface area (Å²) in [6.07, 6.45) is 3.83. The van der Waals surface area contributed by atoms with Crippen molar-refractivity contribution in [3.8, 4) is 11.3 Å². The summed E-state index contributed by atoms with van der Waals surface area (Å²) in [5.41, 5.74) is 2.90. The number of aryl methyl sites for hydroxylation is 1. The van der Waals surface area contributed by atoms with E-state index in [0.717, 1.165) is 48.6 Å². The van der Waals surface area contributed by atoms with Gasteiger partial charge in [-0.2, -0.15) is 4.98 Å². The topological polar surface area (TPSA) is 75.7 Å². The van der Waals surface area contributed by atoms with Crippen LogP contribution in [0.25, 0.3) is 28.0 Å². The molecule has 0 saturated carbocycles. The van der Waals surface area contributed by atoms with Crippen molar-refractivity contribution in [1.82, 2.24) is 19.7 Å². The Kier molecular flexibility index (Phi) is 4.78. The van der Waals surface area contributed by atoms with Gasteiger partial charge in [0.2, 0.25) is 5.71 Å². The Bertz CT molecular complexity index is 1210. The Morgan fingerprint density at radius 1 is 1.07 bits per heavy atom. The summed E-state index contributed by atoms with van der Waals surface area (Å²) in [5, 5.41) is 4.11. The lowest BCUT2D eigenvalue weighted by Gasteiger charge is -2.28. The fourth-order valence-corrected chi connectivity index (χ4v) is 3.47. The second-order valence-electron chi connectivity index (χ2n) is 6.85. The molecule has 0 unspecified atom stereocenters. The number of anilines is 1. The van der Waals surface area contributed by atoms with Crippen LogP contribution in [0, 0.1) is 6.92 Å². The Hall–Kier alpha value is -2.90. The monoisotopic (exact) mass is 397 g/mol. The number of piperazine rings is 1. The highest BCUT2D eigenvalue weighted by Crippen LogP contribution is 2.23. The minimum Gasteiger partial charge on any atom is -0.403 e. The fraction of sp³-hybridized carbons (Fsp3) is 0.250. The number of hydrogen-bond donors (Lipinski definition) is 1. The molecule has 5 heterocycles. The third-order valence-corrected chi connectivity index (χ3v) is 4.90. The molecule has 144 valence electrons. The van der Waals surface area contributed by atoms with Crippen molar-refractivity contribution in [1.29, 1.82) is 0 Å². The standard InChI is InChI=1S/C20H19N5O2.ClH/c1-13-2-4-17-22-16(12-25(17)11-13)15-10-14-3-5-18(23-19(14)27-20(15)26)24-8-6-21-7-9-24;/h2-5,10-12,21H,6-9H2,1H3;1H. The van der Waals surface area contributed by atoms with Crippen LogP contribution in [0.3, 0.4) is 0 Å². The quantitative estimate of drug-likeness (QED) is 0.560. The van der Waals surface area contributed by atoms with E-state index in [9.17, 15) is 4.79 Å². The molecule has 1 aliphatic heterocycles. The summed E-state index contributed by atoms with van der Waals surface area (Å²) in [6, 6.07) is 9.67. The molecule has 0 atom stereocenters. The van der Waals surface area contributed by atoms with Crippen LogP contribution < -0.4 is 15.8 Å². The molecular formula is C20H20ClN5O2. The molecule has 7 nitrogen and oxygen atoms in total. The fourth-order valence-electron chi connectivity index (χ4n) is 3.47. The number of imidazole rings is 1. The van der Waals surface area contributed by atoms with Crippen molar-refractivity contribution in [2.45, 2.75) is 6.92 Å². The highest BCUT2D eigenvalue weighted by Gasteiger charge is 2.15. The molecule has 28 heavy (non-hydrogen) atoms. The summed E-state index contributed by atoms with van der Waals surface area (Å²) < 4.78 is 7.46. The Labute approximate surface area is 167 Å². The zero-order valence-electron chi connectivity index (χ0n) is 15.4. The van der Waals surface area contributed by atoms with E-state index >= 15 is 0 Å². The van der Waals surface area contributed by atoms with Crippen molar-refractivity contribution in [2.75, 3.05) is 31.1 Å². The first kappa shape index (κ1) is 18.5. The molecule has 1 aliphatic rings. The SMILES string of the molecule is Cc1ccc2nc(-c3cc4ccc(N5CCNCC5)nc4oc3=O)cn2c1.Cl. The van der Waals surface area contributed by atoms with Crippen LogP contribution in [-0.4, -0.2) is 40.5 Å². The van der Waals surface area contributed by atoms with Gasteiger partial charge in [-0.3, -0.25) is 0 Å². The van der Waals surface area contributed by atoms with E-state index in [1.165, 1.54) is 0 Å². The number of nitrogens with zero attached hydrogens (tertiary/aromatic N) is 4. The second kappa shape index (κ2) is 7.26. The van der Waals surface area contributed by atoms with Gasteiger partial charge in [0.25, 0.3) is 0 Å². The predicted molar refractivity (Wildman–Crippen MR) is 112 cm³/mol. The maximum atomic E-state index is 12.6. The minimum absolute atomic E-state index is 0. The van der Waals surface area contributed by atoms with Gasteiger partial charge in [-0.1, -0.05) is 6.07 Å². The summed E-state index contributed by atoms with van der Waals surface area (Å²) in [7, 11) is 0. The van der Waals surface area contributed by atoms with E-state index in [1.807, 2.05) is 54.0 Å². The van der Waals surface area contributed by atoms with Crippen molar-refractivity contribution >= 4 is 35.0 Å². The van der Waals surface area contributed by atoms with Crippen molar-refractivity contribution < 1.29 is 4.42 Å². The highest BCUT2D eigenvalue weighted by atomic mass is 35.5. The third-order valence-electron chi connectivity index (χ3n) is 4.90. The van der Waals surface area contributed by atoms with Crippen molar-refractivity contribution in [3.63, 3.8) is 0 Å². The average molecular weight is 398 g/mol. The third kappa shape index (κ3) is 3.23. The van der Waals surface area contributed by atoms with Gasteiger partial charge in [-0.15, -0.1) is 12.4 Å². The van der Waals surface area contributed by atoms with E-state index in [-0.39, 0.29) is 12.4 Å². The van der Waals surface area contributed by atoms with E-state index in [2.05, 4.69) is 20.2 Å². The van der Waals surface area contributed by atoms with Crippen LogP contribution in [-0.2, 0) is 0 Å². The maximum absolute atomic E-state index is 12.6. The molecule has 1 N–H and O–H groups in total. The zero-order valence-corrected chi connectivity index (χ0v) is 16.2. The van der Waals surface area contributed by atoms with E-state index in [4.69, 9.17) is 4.42 Å². The lowest BCUT2D eigenvalue weighted by atomic mass is 10.2. The summed E-state index contributed by atoms with van der Waals surface area (Å²) in [5.74, 6) is 0.836. The minimum atomic E-state index is -0.424. The second-order valence-corrected chi connectivity index (χ2v) is 6.85. The normalized spacial score (nSPS) is 14.4. The van der Waals surface area contributed by atoms with Gasteiger partial charge < -0.3 is 19.0 Å². The van der Waals surface area contributed by atoms with E-state index in [1.54, 1.807) is 0 Å². The van der Waals surface area contributed by atoms with Crippen molar-refractivity contribution in [3.05, 3.63) is 58.7 Å². The summed E-state index contributed by atoms with van der Waals surface area (Å²) in [4.78, 5) is 23.9. The molecule has 4 aromatic rings. The maximum Gasteiger partial charge on any atom is 0.347 e. The largest absolute Gasteiger partial charge is 0.403 e. The molecule has 0 aromatic carbocycles. The molecule has 4 aromatic heterocycles. The van der Waals surface area contributed by atoms with Gasteiger partial charge in [-0.25, -0.2) is 9.78 Å². The molecule has 0 aliphatic carbocycles. The first-order valence-electron chi connectivity index (χ1n) is 9.04. The molecule has 0 amide bonds. The van der Waals surface area contributed by atoms with Crippen LogP contribution in [0.15, 0.2) is 51.9 Å². The van der Waals surface area contributed by atoms with Gasteiger partial charge in [0, 0.05) is 44.0 Å². The lowest BCUT2D eigenvalue weighted by molar-refractivity contribution is 0.547. The van der Waals surface area contributed by atoms with Crippen LogP contribution in [0.2, 0.25) is 0 Å². The Morgan fingerprint density at radius 2 is 1.89 bits per heavy atom. The number of hydrogen-bond acceptors (Lipinski definition) is 6. The van der Waals surface area contributed by atoms with Crippen LogP contribution in [0.4, 0.5) is 5.82 Å².